The third-order valence-corrected chi connectivity index (χ3v) is 4.26. The van der Waals surface area contributed by atoms with Crippen molar-refractivity contribution in [3.63, 3.8) is 0 Å². The number of nitrogens with zero attached hydrogens (tertiary/aromatic N) is 1. The minimum atomic E-state index is -0.173. The summed E-state index contributed by atoms with van der Waals surface area (Å²) in [5.41, 5.74) is 0.973. The van der Waals surface area contributed by atoms with Gasteiger partial charge in [0, 0.05) is 37.6 Å². The van der Waals surface area contributed by atoms with Gasteiger partial charge in [0.2, 0.25) is 5.91 Å². The number of amides is 1. The highest BCUT2D eigenvalue weighted by Crippen LogP contribution is 2.20. The van der Waals surface area contributed by atoms with Crippen LogP contribution in [0.4, 0.5) is 0 Å². The van der Waals surface area contributed by atoms with Gasteiger partial charge in [0.1, 0.15) is 5.78 Å². The Morgan fingerprint density at radius 1 is 1.33 bits per heavy atom. The van der Waals surface area contributed by atoms with E-state index in [1.54, 1.807) is 26.0 Å². The van der Waals surface area contributed by atoms with Crippen molar-refractivity contribution in [2.75, 3.05) is 19.6 Å². The molecule has 5 heteroatoms. The molecule has 0 radical (unpaired) electrons. The first kappa shape index (κ1) is 16.0. The fourth-order valence-electron chi connectivity index (χ4n) is 2.69. The topological polar surface area (TPSA) is 49.4 Å². The highest BCUT2D eigenvalue weighted by molar-refractivity contribution is 6.30. The van der Waals surface area contributed by atoms with E-state index in [0.29, 0.717) is 11.6 Å². The quantitative estimate of drug-likeness (QED) is 0.907. The average Bonchev–Trinajstić information content (AvgIpc) is 2.90. The predicted octanol–water partition coefficient (Wildman–Crippen LogP) is 2.22. The van der Waals surface area contributed by atoms with Crippen LogP contribution in [0, 0.1) is 0 Å². The molecule has 2 atom stereocenters. The van der Waals surface area contributed by atoms with Crippen LogP contribution in [0.3, 0.4) is 0 Å². The van der Waals surface area contributed by atoms with Crippen molar-refractivity contribution in [2.45, 2.75) is 32.2 Å². The molecule has 0 spiro atoms. The first-order chi connectivity index (χ1) is 9.97. The minimum absolute atomic E-state index is 0.111. The number of ketones is 1. The molecule has 1 amide bonds. The number of likely N-dealkylation sites (tertiary alicyclic amines) is 1. The lowest BCUT2D eigenvalue weighted by molar-refractivity contribution is -0.127. The van der Waals surface area contributed by atoms with Gasteiger partial charge in [-0.1, -0.05) is 23.7 Å². The van der Waals surface area contributed by atoms with Crippen LogP contribution in [0.5, 0.6) is 0 Å². The van der Waals surface area contributed by atoms with E-state index in [1.165, 1.54) is 0 Å². The van der Waals surface area contributed by atoms with Gasteiger partial charge >= 0.3 is 0 Å². The lowest BCUT2D eigenvalue weighted by Crippen LogP contribution is -2.37. The summed E-state index contributed by atoms with van der Waals surface area (Å²) in [6.07, 6.45) is 0.935. The van der Waals surface area contributed by atoms with Crippen molar-refractivity contribution in [1.82, 2.24) is 10.2 Å². The van der Waals surface area contributed by atoms with Crippen molar-refractivity contribution < 1.29 is 9.59 Å². The van der Waals surface area contributed by atoms with Crippen LogP contribution in [0.1, 0.15) is 31.7 Å². The van der Waals surface area contributed by atoms with Crippen molar-refractivity contribution in [3.8, 4) is 0 Å². The Morgan fingerprint density at radius 3 is 2.52 bits per heavy atom. The maximum Gasteiger partial charge on any atom is 0.219 e. The van der Waals surface area contributed by atoms with Crippen molar-refractivity contribution in [1.29, 1.82) is 0 Å². The summed E-state index contributed by atoms with van der Waals surface area (Å²) in [7, 11) is 0. The predicted molar refractivity (Wildman–Crippen MR) is 83.5 cm³/mol. The summed E-state index contributed by atoms with van der Waals surface area (Å²) in [6.45, 7) is 5.30. The Hall–Kier alpha value is -1.39. The number of carbonyl (C=O) groups excluding carboxylic acids is 2. The van der Waals surface area contributed by atoms with Crippen LogP contribution < -0.4 is 5.32 Å². The van der Waals surface area contributed by atoms with Crippen LogP contribution in [0.25, 0.3) is 0 Å². The van der Waals surface area contributed by atoms with Crippen molar-refractivity contribution in [2.24, 2.45) is 0 Å². The van der Waals surface area contributed by atoms with E-state index in [2.05, 4.69) is 5.32 Å². The zero-order valence-corrected chi connectivity index (χ0v) is 13.2. The molecule has 1 aromatic rings. The van der Waals surface area contributed by atoms with E-state index in [4.69, 9.17) is 11.6 Å². The summed E-state index contributed by atoms with van der Waals surface area (Å²) < 4.78 is 0. The Morgan fingerprint density at radius 2 is 2.00 bits per heavy atom. The molecule has 0 saturated carbocycles. The number of nitrogens with one attached hydrogen (secondary N) is 1. The number of hydrogen-bond acceptors (Lipinski definition) is 3. The monoisotopic (exact) mass is 308 g/mol. The first-order valence-electron chi connectivity index (χ1n) is 7.22. The number of carbonyl (C=O) groups is 2. The molecule has 1 heterocycles. The van der Waals surface area contributed by atoms with Crippen LogP contribution in [-0.2, 0) is 9.59 Å². The normalized spacial score (nSPS) is 19.6. The summed E-state index contributed by atoms with van der Waals surface area (Å²) in [6, 6.07) is 7.67. The Kier molecular flexibility index (Phi) is 5.37. The maximum absolute atomic E-state index is 11.9. The summed E-state index contributed by atoms with van der Waals surface area (Å²) in [5, 5.41) is 4.08. The second-order valence-corrected chi connectivity index (χ2v) is 6.01. The van der Waals surface area contributed by atoms with Crippen LogP contribution in [-0.4, -0.2) is 42.3 Å². The molecule has 0 aliphatic carbocycles. The number of benzene rings is 1. The number of halogens is 1. The van der Waals surface area contributed by atoms with Crippen molar-refractivity contribution >= 4 is 23.3 Å². The highest BCUT2D eigenvalue weighted by atomic mass is 35.5. The summed E-state index contributed by atoms with van der Waals surface area (Å²) in [5.74, 6) is 0.0695. The molecule has 1 fully saturated rings. The average molecular weight is 309 g/mol. The second kappa shape index (κ2) is 7.05. The molecule has 1 N–H and O–H groups in total. The van der Waals surface area contributed by atoms with E-state index in [-0.39, 0.29) is 23.7 Å². The van der Waals surface area contributed by atoms with E-state index >= 15 is 0 Å². The molecule has 1 aromatic carbocycles. The van der Waals surface area contributed by atoms with E-state index in [0.717, 1.165) is 25.1 Å². The molecule has 1 aliphatic heterocycles. The fraction of sp³-hybridized carbons (Fsp3) is 0.500. The zero-order valence-electron chi connectivity index (χ0n) is 12.4. The van der Waals surface area contributed by atoms with Gasteiger partial charge in [-0.05, 0) is 31.0 Å². The molecular weight excluding hydrogens is 288 g/mol. The molecule has 2 rings (SSSR count). The Labute approximate surface area is 130 Å². The fourth-order valence-corrected chi connectivity index (χ4v) is 2.81. The SMILES string of the molecule is CC(=O)[C@H](CN[C@H]1CCN(C(C)=O)C1)c1ccc(Cl)cc1. The largest absolute Gasteiger partial charge is 0.341 e. The molecule has 1 saturated heterocycles. The van der Waals surface area contributed by atoms with Gasteiger partial charge < -0.3 is 10.2 Å². The third-order valence-electron chi connectivity index (χ3n) is 4.01. The molecular formula is C16H21ClN2O2. The van der Waals surface area contributed by atoms with Gasteiger partial charge in [-0.2, -0.15) is 0 Å². The maximum atomic E-state index is 11.9. The molecule has 0 bridgehead atoms. The lowest BCUT2D eigenvalue weighted by atomic mass is 9.95. The van der Waals surface area contributed by atoms with Gasteiger partial charge in [-0.3, -0.25) is 9.59 Å². The van der Waals surface area contributed by atoms with E-state index < -0.39 is 0 Å². The van der Waals surface area contributed by atoms with Gasteiger partial charge in [-0.15, -0.1) is 0 Å². The van der Waals surface area contributed by atoms with Gasteiger partial charge in [0.05, 0.1) is 5.92 Å². The highest BCUT2D eigenvalue weighted by Gasteiger charge is 2.25. The molecule has 0 aromatic heterocycles. The molecule has 21 heavy (non-hydrogen) atoms. The first-order valence-corrected chi connectivity index (χ1v) is 7.60. The minimum Gasteiger partial charge on any atom is -0.341 e. The van der Waals surface area contributed by atoms with Gasteiger partial charge in [0.25, 0.3) is 0 Å². The summed E-state index contributed by atoms with van der Waals surface area (Å²) in [4.78, 5) is 25.0. The number of hydrogen-bond donors (Lipinski definition) is 1. The standard InChI is InChI=1S/C16H21ClN2O2/c1-11(20)16(13-3-5-14(17)6-4-13)9-18-15-7-8-19(10-15)12(2)21/h3-6,15-16,18H,7-10H2,1-2H3/t15-,16-/m0/s1. The Balaban J connectivity index is 1.94. The lowest BCUT2D eigenvalue weighted by Gasteiger charge is -2.19. The molecule has 4 nitrogen and oxygen atoms in total. The molecule has 0 unspecified atom stereocenters. The van der Waals surface area contributed by atoms with Crippen LogP contribution in [0.15, 0.2) is 24.3 Å². The third kappa shape index (κ3) is 4.29. The molecule has 1 aliphatic rings. The number of rotatable bonds is 5. The second-order valence-electron chi connectivity index (χ2n) is 5.57. The van der Waals surface area contributed by atoms with Gasteiger partial charge in [0.15, 0.2) is 0 Å². The number of Topliss-reactive ketones (excluding diaryl/α,β-unsaturated/α-hetero) is 1. The van der Waals surface area contributed by atoms with E-state index in [9.17, 15) is 9.59 Å². The Bertz CT molecular complexity index is 516. The molecule has 114 valence electrons. The zero-order chi connectivity index (χ0) is 15.4. The van der Waals surface area contributed by atoms with Crippen LogP contribution >= 0.6 is 11.6 Å². The smallest absolute Gasteiger partial charge is 0.219 e. The van der Waals surface area contributed by atoms with Gasteiger partial charge in [-0.25, -0.2) is 0 Å². The van der Waals surface area contributed by atoms with Crippen molar-refractivity contribution in [3.05, 3.63) is 34.9 Å². The summed E-state index contributed by atoms with van der Waals surface area (Å²) >= 11 is 5.88. The van der Waals surface area contributed by atoms with Crippen LogP contribution in [0.2, 0.25) is 5.02 Å². The van der Waals surface area contributed by atoms with E-state index in [1.807, 2.05) is 17.0 Å².